The Morgan fingerprint density at radius 3 is 2.20 bits per heavy atom. The second kappa shape index (κ2) is 2.97. The van der Waals surface area contributed by atoms with Crippen LogP contribution in [0.1, 0.15) is 30.9 Å². The van der Waals surface area contributed by atoms with E-state index in [1.165, 1.54) is 6.07 Å². The smallest absolute Gasteiger partial charge is 0.207 e. The van der Waals surface area contributed by atoms with Gasteiger partial charge in [-0.2, -0.15) is 13.2 Å². The van der Waals surface area contributed by atoms with Gasteiger partial charge < -0.3 is 0 Å². The molecule has 0 bridgehead atoms. The summed E-state index contributed by atoms with van der Waals surface area (Å²) in [7, 11) is 0. The maximum atomic E-state index is 13.0. The number of hydrogen-bond donors (Lipinski definition) is 0. The third kappa shape index (κ3) is 1.98. The molecule has 82 valence electrons. The summed E-state index contributed by atoms with van der Waals surface area (Å²) in [5.41, 5.74) is -0.692. The number of alkyl halides is 3. The molecule has 0 heterocycles. The fourth-order valence-electron chi connectivity index (χ4n) is 1.58. The zero-order valence-electron chi connectivity index (χ0n) is 8.16. The minimum Gasteiger partial charge on any atom is -0.207 e. The van der Waals surface area contributed by atoms with Gasteiger partial charge in [-0.25, -0.2) is 4.39 Å². The highest BCUT2D eigenvalue weighted by Crippen LogP contribution is 2.48. The monoisotopic (exact) mass is 218 g/mol. The van der Waals surface area contributed by atoms with E-state index in [0.717, 1.165) is 18.9 Å². The highest BCUT2D eigenvalue weighted by atomic mass is 19.4. The molecule has 4 heteroatoms. The summed E-state index contributed by atoms with van der Waals surface area (Å²) in [6.45, 7) is 1.85. The predicted molar refractivity (Wildman–Crippen MR) is 48.0 cm³/mol. The first kappa shape index (κ1) is 10.5. The molecule has 0 saturated heterocycles. The molecule has 0 radical (unpaired) electrons. The first-order chi connectivity index (χ1) is 6.81. The Kier molecular flexibility index (Phi) is 2.07. The Morgan fingerprint density at radius 1 is 1.13 bits per heavy atom. The van der Waals surface area contributed by atoms with Crippen molar-refractivity contribution in [2.45, 2.75) is 31.4 Å². The van der Waals surface area contributed by atoms with Crippen LogP contribution in [0.15, 0.2) is 18.2 Å². The van der Waals surface area contributed by atoms with Gasteiger partial charge in [0, 0.05) is 0 Å². The van der Waals surface area contributed by atoms with Gasteiger partial charge in [-0.3, -0.25) is 0 Å². The molecule has 0 amide bonds. The van der Waals surface area contributed by atoms with Crippen LogP contribution in [0.4, 0.5) is 17.6 Å². The van der Waals surface area contributed by atoms with Gasteiger partial charge in [0.1, 0.15) is 5.82 Å². The van der Waals surface area contributed by atoms with Crippen molar-refractivity contribution >= 4 is 0 Å². The van der Waals surface area contributed by atoms with Crippen molar-refractivity contribution in [3.05, 3.63) is 35.1 Å². The van der Waals surface area contributed by atoms with E-state index in [4.69, 9.17) is 0 Å². The molecule has 1 fully saturated rings. The lowest BCUT2D eigenvalue weighted by molar-refractivity contribution is -0.137. The van der Waals surface area contributed by atoms with Crippen LogP contribution < -0.4 is 0 Å². The number of halogens is 4. The van der Waals surface area contributed by atoms with E-state index in [0.29, 0.717) is 11.6 Å². The lowest BCUT2D eigenvalue weighted by Gasteiger charge is -2.13. The molecule has 0 aliphatic heterocycles. The van der Waals surface area contributed by atoms with E-state index in [2.05, 4.69) is 0 Å². The van der Waals surface area contributed by atoms with Crippen LogP contribution >= 0.6 is 0 Å². The first-order valence-electron chi connectivity index (χ1n) is 4.70. The number of rotatable bonds is 1. The van der Waals surface area contributed by atoms with E-state index < -0.39 is 17.6 Å². The van der Waals surface area contributed by atoms with Crippen molar-refractivity contribution in [3.8, 4) is 0 Å². The number of hydrogen-bond acceptors (Lipinski definition) is 0. The Labute approximate surface area is 84.9 Å². The first-order valence-corrected chi connectivity index (χ1v) is 4.70. The summed E-state index contributed by atoms with van der Waals surface area (Å²) in [6, 6.07) is 2.79. The summed E-state index contributed by atoms with van der Waals surface area (Å²) in [5, 5.41) is 0. The van der Waals surface area contributed by atoms with Crippen LogP contribution in [0, 0.1) is 5.82 Å². The molecule has 2 rings (SSSR count). The van der Waals surface area contributed by atoms with Gasteiger partial charge in [0.05, 0.1) is 5.56 Å². The average molecular weight is 218 g/mol. The summed E-state index contributed by atoms with van der Waals surface area (Å²) >= 11 is 0. The van der Waals surface area contributed by atoms with Gasteiger partial charge in [-0.15, -0.1) is 0 Å². The van der Waals surface area contributed by atoms with Gasteiger partial charge in [0.2, 0.25) is 0 Å². The molecule has 0 nitrogen and oxygen atoms in total. The van der Waals surface area contributed by atoms with Crippen LogP contribution in [0.5, 0.6) is 0 Å². The maximum absolute atomic E-state index is 13.0. The molecule has 0 unspecified atom stereocenters. The van der Waals surface area contributed by atoms with E-state index in [-0.39, 0.29) is 5.41 Å². The maximum Gasteiger partial charge on any atom is 0.416 e. The summed E-state index contributed by atoms with van der Waals surface area (Å²) < 4.78 is 50.2. The fraction of sp³-hybridized carbons (Fsp3) is 0.455. The lowest BCUT2D eigenvalue weighted by Crippen LogP contribution is -2.09. The van der Waals surface area contributed by atoms with Gasteiger partial charge in [0.25, 0.3) is 0 Å². The van der Waals surface area contributed by atoms with Crippen molar-refractivity contribution in [2.75, 3.05) is 0 Å². The van der Waals surface area contributed by atoms with Gasteiger partial charge in [-0.1, -0.05) is 6.92 Å². The van der Waals surface area contributed by atoms with Gasteiger partial charge >= 0.3 is 6.18 Å². The summed E-state index contributed by atoms with van der Waals surface area (Å²) in [6.07, 6.45) is -2.82. The summed E-state index contributed by atoms with van der Waals surface area (Å²) in [5.74, 6) is -0.812. The normalized spacial score (nSPS) is 19.0. The van der Waals surface area contributed by atoms with E-state index in [1.54, 1.807) is 0 Å². The predicted octanol–water partition coefficient (Wildman–Crippen LogP) is 3.90. The topological polar surface area (TPSA) is 0 Å². The van der Waals surface area contributed by atoms with E-state index in [9.17, 15) is 17.6 Å². The van der Waals surface area contributed by atoms with Crippen LogP contribution in [0.2, 0.25) is 0 Å². The molecule has 1 aliphatic carbocycles. The van der Waals surface area contributed by atoms with Crippen molar-refractivity contribution in [1.82, 2.24) is 0 Å². The number of benzene rings is 1. The Bertz CT molecular complexity index is 365. The van der Waals surface area contributed by atoms with Crippen molar-refractivity contribution in [2.24, 2.45) is 0 Å². The molecular weight excluding hydrogens is 208 g/mol. The molecule has 1 aromatic carbocycles. The largest absolute Gasteiger partial charge is 0.416 e. The molecule has 0 N–H and O–H groups in total. The molecule has 1 saturated carbocycles. The Morgan fingerprint density at radius 2 is 1.73 bits per heavy atom. The van der Waals surface area contributed by atoms with Crippen LogP contribution in [-0.4, -0.2) is 0 Å². The molecule has 15 heavy (non-hydrogen) atoms. The molecule has 0 atom stereocenters. The quantitative estimate of drug-likeness (QED) is 0.627. The molecule has 1 aliphatic rings. The molecule has 1 aromatic rings. The second-order valence-corrected chi connectivity index (χ2v) is 4.29. The third-order valence-corrected chi connectivity index (χ3v) is 2.92. The standard InChI is InChI=1S/C11H10F4/c1-10(2-3-10)7-4-8(11(13,14)15)6-9(12)5-7/h4-6H,2-3H2,1H3. The van der Waals surface area contributed by atoms with E-state index in [1.807, 2.05) is 6.92 Å². The second-order valence-electron chi connectivity index (χ2n) is 4.29. The van der Waals surface area contributed by atoms with Crippen molar-refractivity contribution < 1.29 is 17.6 Å². The minimum atomic E-state index is -4.47. The lowest BCUT2D eigenvalue weighted by atomic mass is 9.96. The molecular formula is C11H10F4. The van der Waals surface area contributed by atoms with Crippen LogP contribution in [0.3, 0.4) is 0 Å². The van der Waals surface area contributed by atoms with Crippen LogP contribution in [0.25, 0.3) is 0 Å². The SMILES string of the molecule is CC1(c2cc(F)cc(C(F)(F)F)c2)CC1. The van der Waals surface area contributed by atoms with Gasteiger partial charge in [-0.05, 0) is 42.0 Å². The van der Waals surface area contributed by atoms with E-state index >= 15 is 0 Å². The highest BCUT2D eigenvalue weighted by Gasteiger charge is 2.41. The average Bonchev–Trinajstić information content (AvgIpc) is 2.82. The van der Waals surface area contributed by atoms with Crippen molar-refractivity contribution in [3.63, 3.8) is 0 Å². The fourth-order valence-corrected chi connectivity index (χ4v) is 1.58. The Hall–Kier alpha value is -1.06. The third-order valence-electron chi connectivity index (χ3n) is 2.92. The zero-order valence-corrected chi connectivity index (χ0v) is 8.16. The van der Waals surface area contributed by atoms with Gasteiger partial charge in [0.15, 0.2) is 0 Å². The molecule has 0 aromatic heterocycles. The Balaban J connectivity index is 2.46. The molecule has 0 spiro atoms. The highest BCUT2D eigenvalue weighted by molar-refractivity contribution is 5.35. The zero-order chi connectivity index (χ0) is 11.3. The minimum absolute atomic E-state index is 0.248. The summed E-state index contributed by atoms with van der Waals surface area (Å²) in [4.78, 5) is 0. The van der Waals surface area contributed by atoms with Crippen molar-refractivity contribution in [1.29, 1.82) is 0 Å². The van der Waals surface area contributed by atoms with Crippen LogP contribution in [-0.2, 0) is 11.6 Å².